The van der Waals surface area contributed by atoms with E-state index >= 15 is 0 Å². The number of carbonyl (C=O) groups excluding carboxylic acids is 1. The monoisotopic (exact) mass is 545 g/mol. The largest absolute Gasteiger partial charge is 0.490 e. The molecule has 1 unspecified atom stereocenters. The van der Waals surface area contributed by atoms with Gasteiger partial charge in [0.2, 0.25) is 0 Å². The van der Waals surface area contributed by atoms with E-state index in [0.717, 1.165) is 37.8 Å². The summed E-state index contributed by atoms with van der Waals surface area (Å²) in [5.41, 5.74) is 0.396. The maximum Gasteiger partial charge on any atom is 0.490 e. The van der Waals surface area contributed by atoms with Crippen LogP contribution in [0, 0.1) is 5.92 Å². The summed E-state index contributed by atoms with van der Waals surface area (Å²) in [6.45, 7) is 4.80. The minimum absolute atomic E-state index is 0.0124. The van der Waals surface area contributed by atoms with Crippen LogP contribution in [0.5, 0.6) is 0 Å². The number of anilines is 1. The maximum atomic E-state index is 12.3. The Morgan fingerprint density at radius 3 is 2.16 bits per heavy atom. The van der Waals surface area contributed by atoms with E-state index < -0.39 is 29.9 Å². The highest BCUT2D eigenvalue weighted by molar-refractivity contribution is 5.95. The number of aromatic nitrogens is 1. The molecule has 2 saturated heterocycles. The number of carbonyl (C=O) groups is 3. The number of morpholine rings is 1. The molecule has 2 N–H and O–H groups in total. The zero-order valence-electron chi connectivity index (χ0n) is 19.3. The lowest BCUT2D eigenvalue weighted by Gasteiger charge is -2.43. The fourth-order valence-electron chi connectivity index (χ4n) is 3.45. The highest BCUT2D eigenvalue weighted by atomic mass is 19.4. The van der Waals surface area contributed by atoms with Gasteiger partial charge in [-0.1, -0.05) is 0 Å². The number of carboxylic acids is 2. The molecule has 1 atom stereocenters. The van der Waals surface area contributed by atoms with Crippen molar-refractivity contribution in [1.82, 2.24) is 9.88 Å². The summed E-state index contributed by atoms with van der Waals surface area (Å²) in [5, 5.41) is 14.2. The van der Waals surface area contributed by atoms with Crippen LogP contribution in [0.3, 0.4) is 0 Å². The summed E-state index contributed by atoms with van der Waals surface area (Å²) in [5.74, 6) is -4.69. The molecule has 0 bridgehead atoms. The number of alkyl halides is 6. The summed E-state index contributed by atoms with van der Waals surface area (Å²) in [6.07, 6.45) is -4.04. The molecule has 3 fully saturated rings. The molecule has 2 aliphatic heterocycles. The first-order chi connectivity index (χ1) is 17.1. The lowest BCUT2D eigenvalue weighted by Crippen LogP contribution is -2.61. The van der Waals surface area contributed by atoms with E-state index in [1.807, 2.05) is 12.1 Å². The van der Waals surface area contributed by atoms with E-state index in [1.54, 1.807) is 17.3 Å². The summed E-state index contributed by atoms with van der Waals surface area (Å²) >= 11 is 0. The Bertz CT molecular complexity index is 903. The van der Waals surface area contributed by atoms with Gasteiger partial charge in [-0.25, -0.2) is 9.59 Å². The molecule has 10 nitrogen and oxygen atoms in total. The Morgan fingerprint density at radius 2 is 1.68 bits per heavy atom. The van der Waals surface area contributed by atoms with Crippen LogP contribution in [0.4, 0.5) is 32.0 Å². The van der Waals surface area contributed by atoms with Gasteiger partial charge in [0.1, 0.15) is 12.2 Å². The SMILES string of the molecule is O=C(O)C(F)(F)F.O=C(O)C(F)(F)F.O=C1COC2(COCCN(CC3CC3)C2)CN1c1cccnc1. The molecule has 208 valence electrons. The van der Waals surface area contributed by atoms with Crippen molar-refractivity contribution < 1.29 is 60.4 Å². The first-order valence-corrected chi connectivity index (χ1v) is 10.9. The van der Waals surface area contributed by atoms with Crippen LogP contribution in [-0.2, 0) is 23.9 Å². The zero-order valence-corrected chi connectivity index (χ0v) is 19.3. The van der Waals surface area contributed by atoms with Gasteiger partial charge in [0.15, 0.2) is 0 Å². The summed E-state index contributed by atoms with van der Waals surface area (Å²) in [7, 11) is 0. The molecule has 0 aromatic carbocycles. The number of halogens is 6. The zero-order chi connectivity index (χ0) is 27.9. The Balaban J connectivity index is 0.000000286. The van der Waals surface area contributed by atoms with E-state index in [2.05, 4.69) is 9.88 Å². The Hall–Kier alpha value is -2.98. The molecule has 0 radical (unpaired) electrons. The van der Waals surface area contributed by atoms with Gasteiger partial charge in [0.25, 0.3) is 5.91 Å². The van der Waals surface area contributed by atoms with Gasteiger partial charge < -0.3 is 24.6 Å². The van der Waals surface area contributed by atoms with Gasteiger partial charge >= 0.3 is 24.3 Å². The average molecular weight is 545 g/mol. The third-order valence-corrected chi connectivity index (χ3v) is 5.33. The second-order valence-electron chi connectivity index (χ2n) is 8.50. The van der Waals surface area contributed by atoms with E-state index in [9.17, 15) is 31.1 Å². The molecule has 1 saturated carbocycles. The minimum atomic E-state index is -5.08. The molecular formula is C21H25F6N3O7. The third kappa shape index (κ3) is 10.1. The number of aliphatic carboxylic acids is 2. The molecule has 1 spiro atoms. The molecule has 3 aliphatic rings. The number of nitrogens with zero attached hydrogens (tertiary/aromatic N) is 3. The van der Waals surface area contributed by atoms with E-state index in [-0.39, 0.29) is 12.5 Å². The Morgan fingerprint density at radius 1 is 1.08 bits per heavy atom. The topological polar surface area (TPSA) is 130 Å². The van der Waals surface area contributed by atoms with Crippen molar-refractivity contribution in [3.8, 4) is 0 Å². The fraction of sp³-hybridized carbons (Fsp3) is 0.619. The highest BCUT2D eigenvalue weighted by Gasteiger charge is 2.44. The van der Waals surface area contributed by atoms with Crippen LogP contribution in [0.1, 0.15) is 12.8 Å². The smallest absolute Gasteiger partial charge is 0.475 e. The molecule has 1 amide bonds. The van der Waals surface area contributed by atoms with Crippen molar-refractivity contribution in [2.45, 2.75) is 30.8 Å². The second-order valence-corrected chi connectivity index (χ2v) is 8.50. The molecule has 1 aromatic heterocycles. The quantitative estimate of drug-likeness (QED) is 0.549. The lowest BCUT2D eigenvalue weighted by atomic mass is 10.0. The van der Waals surface area contributed by atoms with Gasteiger partial charge in [-0.3, -0.25) is 14.7 Å². The lowest BCUT2D eigenvalue weighted by molar-refractivity contribution is -0.193. The Labute approximate surface area is 206 Å². The van der Waals surface area contributed by atoms with Crippen LogP contribution in [0.2, 0.25) is 0 Å². The van der Waals surface area contributed by atoms with Crippen LogP contribution in [-0.4, -0.2) is 102 Å². The predicted octanol–water partition coefficient (Wildman–Crippen LogP) is 2.19. The Kier molecular flexibility index (Phi) is 10.2. The molecule has 1 aliphatic carbocycles. The van der Waals surface area contributed by atoms with E-state index in [1.165, 1.54) is 12.8 Å². The number of carboxylic acid groups (broad SMARTS) is 2. The number of rotatable bonds is 3. The van der Waals surface area contributed by atoms with E-state index in [0.29, 0.717) is 13.2 Å². The van der Waals surface area contributed by atoms with Crippen molar-refractivity contribution in [2.75, 3.05) is 50.9 Å². The number of pyridine rings is 1. The molecule has 4 rings (SSSR count). The minimum Gasteiger partial charge on any atom is -0.475 e. The van der Waals surface area contributed by atoms with Gasteiger partial charge in [0.05, 0.1) is 31.6 Å². The maximum absolute atomic E-state index is 12.3. The molecule has 3 heterocycles. The normalized spacial score (nSPS) is 22.8. The van der Waals surface area contributed by atoms with Gasteiger partial charge in [-0.2, -0.15) is 26.3 Å². The van der Waals surface area contributed by atoms with Crippen molar-refractivity contribution in [1.29, 1.82) is 0 Å². The van der Waals surface area contributed by atoms with Crippen molar-refractivity contribution in [3.63, 3.8) is 0 Å². The molecular weight excluding hydrogens is 520 g/mol. The number of hydrogen-bond acceptors (Lipinski definition) is 7. The van der Waals surface area contributed by atoms with E-state index in [4.69, 9.17) is 29.3 Å². The van der Waals surface area contributed by atoms with Crippen LogP contribution in [0.15, 0.2) is 24.5 Å². The standard InChI is InChI=1S/C17H23N3O3.2C2HF3O2/c21-16-10-23-17(12-20(16)15-2-1-5-18-8-15)11-19(6-7-22-13-17)9-14-3-4-14;2*3-2(4,5)1(6)7/h1-2,5,8,14H,3-4,6-7,9-13H2;2*(H,6,7). The predicted molar refractivity (Wildman–Crippen MR) is 113 cm³/mol. The molecule has 16 heteroatoms. The second kappa shape index (κ2) is 12.5. The number of ether oxygens (including phenoxy) is 2. The third-order valence-electron chi connectivity index (χ3n) is 5.33. The molecule has 1 aromatic rings. The first-order valence-electron chi connectivity index (χ1n) is 10.9. The fourth-order valence-corrected chi connectivity index (χ4v) is 3.45. The highest BCUT2D eigenvalue weighted by Crippen LogP contribution is 2.32. The first kappa shape index (κ1) is 30.2. The summed E-state index contributed by atoms with van der Waals surface area (Å²) < 4.78 is 75.3. The molecule has 37 heavy (non-hydrogen) atoms. The van der Waals surface area contributed by atoms with Crippen LogP contribution < -0.4 is 4.90 Å². The van der Waals surface area contributed by atoms with Crippen molar-refractivity contribution in [2.24, 2.45) is 5.92 Å². The van der Waals surface area contributed by atoms with Crippen LogP contribution >= 0.6 is 0 Å². The van der Waals surface area contributed by atoms with Gasteiger partial charge in [-0.15, -0.1) is 0 Å². The van der Waals surface area contributed by atoms with Crippen molar-refractivity contribution in [3.05, 3.63) is 24.5 Å². The van der Waals surface area contributed by atoms with Gasteiger partial charge in [0, 0.05) is 25.8 Å². The van der Waals surface area contributed by atoms with Gasteiger partial charge in [-0.05, 0) is 30.9 Å². The number of hydrogen-bond donors (Lipinski definition) is 2. The number of amides is 1. The summed E-state index contributed by atoms with van der Waals surface area (Å²) in [6, 6.07) is 3.77. The average Bonchev–Trinajstić information content (AvgIpc) is 3.64. The van der Waals surface area contributed by atoms with Crippen molar-refractivity contribution >= 4 is 23.5 Å². The summed E-state index contributed by atoms with van der Waals surface area (Å²) in [4.78, 5) is 38.5. The van der Waals surface area contributed by atoms with Crippen LogP contribution in [0.25, 0.3) is 0 Å².